The molecule has 0 spiro atoms. The van der Waals surface area contributed by atoms with Crippen LogP contribution in [0.1, 0.15) is 0 Å². The van der Waals surface area contributed by atoms with Crippen molar-refractivity contribution in [2.24, 2.45) is 0 Å². The van der Waals surface area contributed by atoms with Crippen LogP contribution in [0.25, 0.3) is 17.2 Å². The van der Waals surface area contributed by atoms with E-state index in [0.29, 0.717) is 18.9 Å². The van der Waals surface area contributed by atoms with Crippen LogP contribution in [0.4, 0.5) is 10.2 Å². The molecule has 1 aromatic carbocycles. The number of anilines is 1. The number of nitrogens with zero attached hydrogens (tertiary/aromatic N) is 4. The van der Waals surface area contributed by atoms with Gasteiger partial charge in [0.2, 0.25) is 11.6 Å². The van der Waals surface area contributed by atoms with Gasteiger partial charge in [-0.15, -0.1) is 0 Å². The summed E-state index contributed by atoms with van der Waals surface area (Å²) in [5.41, 5.74) is 0.448. The van der Waals surface area contributed by atoms with Gasteiger partial charge in [0.1, 0.15) is 5.82 Å². The summed E-state index contributed by atoms with van der Waals surface area (Å²) >= 11 is 5.77. The molecule has 0 saturated carbocycles. The topological polar surface area (TPSA) is 111 Å². The number of benzene rings is 1. The Labute approximate surface area is 139 Å². The molecule has 0 amide bonds. The monoisotopic (exact) mass is 354 g/mol. The molecule has 0 saturated heterocycles. The van der Waals surface area contributed by atoms with Gasteiger partial charge in [0, 0.05) is 13.1 Å². The van der Waals surface area contributed by atoms with E-state index >= 15 is 0 Å². The van der Waals surface area contributed by atoms with E-state index in [1.54, 1.807) is 7.05 Å². The minimum atomic E-state index is -0.781. The highest BCUT2D eigenvalue weighted by atomic mass is 35.5. The third-order valence-electron chi connectivity index (χ3n) is 3.13. The molecule has 0 bridgehead atoms. The van der Waals surface area contributed by atoms with Gasteiger partial charge in [0.15, 0.2) is 5.69 Å². The van der Waals surface area contributed by atoms with Gasteiger partial charge in [-0.25, -0.2) is 18.4 Å². The predicted molar refractivity (Wildman–Crippen MR) is 82.8 cm³/mol. The van der Waals surface area contributed by atoms with Crippen LogP contribution in [0.3, 0.4) is 0 Å². The van der Waals surface area contributed by atoms with Crippen molar-refractivity contribution in [2.45, 2.75) is 0 Å². The van der Waals surface area contributed by atoms with Gasteiger partial charge in [0.05, 0.1) is 10.7 Å². The van der Waals surface area contributed by atoms with Crippen LogP contribution < -0.4 is 16.4 Å². The summed E-state index contributed by atoms with van der Waals surface area (Å²) in [4.78, 5) is 12.0. The fourth-order valence-electron chi connectivity index (χ4n) is 2.01. The van der Waals surface area contributed by atoms with Crippen LogP contribution in [-0.4, -0.2) is 40.2 Å². The van der Waals surface area contributed by atoms with Gasteiger partial charge >= 0.3 is 5.76 Å². The highest BCUT2D eigenvalue weighted by Gasteiger charge is 2.22. The largest absolute Gasteiger partial charge is 0.446 e. The first-order valence-corrected chi connectivity index (χ1v) is 7.25. The van der Waals surface area contributed by atoms with Crippen molar-refractivity contribution in [1.82, 2.24) is 25.4 Å². The summed E-state index contributed by atoms with van der Waals surface area (Å²) in [5, 5.41) is 17.0. The van der Waals surface area contributed by atoms with Crippen molar-refractivity contribution < 1.29 is 13.5 Å². The number of hydrogen-bond donors (Lipinski definition) is 2. The Bertz CT molecular complexity index is 905. The molecule has 126 valence electrons. The van der Waals surface area contributed by atoms with Crippen molar-refractivity contribution in [3.8, 4) is 17.2 Å². The molecule has 0 radical (unpaired) electrons. The van der Waals surface area contributed by atoms with E-state index in [2.05, 4.69) is 26.1 Å². The molecule has 9 nitrogen and oxygen atoms in total. The number of rotatable bonds is 6. The lowest BCUT2D eigenvalue weighted by Crippen LogP contribution is -2.18. The Morgan fingerprint density at radius 1 is 1.29 bits per heavy atom. The molecular weight excluding hydrogens is 343 g/mol. The zero-order valence-electron chi connectivity index (χ0n) is 12.4. The van der Waals surface area contributed by atoms with E-state index in [9.17, 15) is 9.18 Å². The van der Waals surface area contributed by atoms with Gasteiger partial charge in [-0.1, -0.05) is 16.8 Å². The van der Waals surface area contributed by atoms with Crippen LogP contribution in [0.5, 0.6) is 0 Å². The first-order valence-electron chi connectivity index (χ1n) is 6.87. The van der Waals surface area contributed by atoms with Crippen LogP contribution in [0, 0.1) is 5.82 Å². The van der Waals surface area contributed by atoms with Crippen LogP contribution >= 0.6 is 11.6 Å². The second kappa shape index (κ2) is 6.81. The lowest BCUT2D eigenvalue weighted by atomic mass is 10.3. The average Bonchev–Trinajstić information content (AvgIpc) is 3.17. The molecule has 2 heterocycles. The molecule has 2 N–H and O–H groups in total. The highest BCUT2D eigenvalue weighted by molar-refractivity contribution is 6.30. The van der Waals surface area contributed by atoms with E-state index in [0.717, 1.165) is 10.6 Å². The van der Waals surface area contributed by atoms with Gasteiger partial charge < -0.3 is 10.6 Å². The number of nitrogens with one attached hydrogen (secondary N) is 2. The lowest BCUT2D eigenvalue weighted by Gasteiger charge is -2.05. The second-order valence-electron chi connectivity index (χ2n) is 4.70. The predicted octanol–water partition coefficient (Wildman–Crippen LogP) is 1.30. The minimum absolute atomic E-state index is 0.0517. The summed E-state index contributed by atoms with van der Waals surface area (Å²) in [6.45, 7) is 1.22. The van der Waals surface area contributed by atoms with E-state index in [4.69, 9.17) is 20.8 Å². The number of hydrogen-bond acceptors (Lipinski definition) is 8. The zero-order chi connectivity index (χ0) is 17.1. The molecule has 0 aliphatic rings. The lowest BCUT2D eigenvalue weighted by molar-refractivity contribution is 0.309. The molecule has 2 aromatic heterocycles. The van der Waals surface area contributed by atoms with Gasteiger partial charge in [-0.05, 0) is 35.6 Å². The maximum absolute atomic E-state index is 13.3. The number of halogens is 2. The first-order chi connectivity index (χ1) is 11.6. The fourth-order valence-corrected chi connectivity index (χ4v) is 2.18. The van der Waals surface area contributed by atoms with E-state index in [-0.39, 0.29) is 22.2 Å². The van der Waals surface area contributed by atoms with Crippen LogP contribution in [-0.2, 0) is 0 Å². The van der Waals surface area contributed by atoms with E-state index in [1.807, 2.05) is 0 Å². The van der Waals surface area contributed by atoms with Crippen molar-refractivity contribution in [3.63, 3.8) is 0 Å². The molecule has 0 aliphatic carbocycles. The summed E-state index contributed by atoms with van der Waals surface area (Å²) in [6.07, 6.45) is 0. The summed E-state index contributed by atoms with van der Waals surface area (Å²) in [5.74, 6) is -1.04. The molecule has 0 fully saturated rings. The fraction of sp³-hybridized carbons (Fsp3) is 0.231. The first kappa shape index (κ1) is 16.1. The SMILES string of the molecule is CNCCNc1nonc1-c1noc(=O)n1-c1ccc(F)c(Cl)c1. The highest BCUT2D eigenvalue weighted by Crippen LogP contribution is 2.25. The quantitative estimate of drug-likeness (QED) is 0.637. The molecular formula is C13H12ClFN6O3. The van der Waals surface area contributed by atoms with Crippen LogP contribution in [0.2, 0.25) is 5.02 Å². The molecule has 0 unspecified atom stereocenters. The molecule has 0 atom stereocenters. The standard InChI is InChI=1S/C13H12ClFN6O3/c1-16-4-5-17-11-10(18-24-19-11)12-20-23-13(22)21(12)7-2-3-9(15)8(14)6-7/h2-3,6,16H,4-5H2,1H3,(H,17,19). The van der Waals surface area contributed by atoms with Gasteiger partial charge in [0.25, 0.3) is 0 Å². The summed E-state index contributed by atoms with van der Waals surface area (Å²) in [6, 6.07) is 3.78. The Balaban J connectivity index is 2.04. The Morgan fingerprint density at radius 2 is 2.12 bits per heavy atom. The maximum Gasteiger partial charge on any atom is 0.446 e. The zero-order valence-corrected chi connectivity index (χ0v) is 13.2. The Kier molecular flexibility index (Phi) is 4.58. The summed E-state index contributed by atoms with van der Waals surface area (Å²) in [7, 11) is 1.80. The van der Waals surface area contributed by atoms with Crippen molar-refractivity contribution in [1.29, 1.82) is 0 Å². The van der Waals surface area contributed by atoms with Gasteiger partial charge in [-0.2, -0.15) is 0 Å². The third kappa shape index (κ3) is 3.01. The molecule has 3 rings (SSSR count). The Hall–Kier alpha value is -2.72. The van der Waals surface area contributed by atoms with Crippen molar-refractivity contribution in [2.75, 3.05) is 25.5 Å². The van der Waals surface area contributed by atoms with E-state index < -0.39 is 11.6 Å². The molecule has 0 aliphatic heterocycles. The van der Waals surface area contributed by atoms with Crippen molar-refractivity contribution in [3.05, 3.63) is 39.6 Å². The molecule has 24 heavy (non-hydrogen) atoms. The molecule has 3 aromatic rings. The number of aromatic nitrogens is 4. The smallest absolute Gasteiger partial charge is 0.364 e. The summed E-state index contributed by atoms with van der Waals surface area (Å²) < 4.78 is 23.8. The second-order valence-corrected chi connectivity index (χ2v) is 5.10. The molecule has 11 heteroatoms. The third-order valence-corrected chi connectivity index (χ3v) is 3.42. The van der Waals surface area contributed by atoms with Gasteiger partial charge in [-0.3, -0.25) is 4.52 Å². The minimum Gasteiger partial charge on any atom is -0.364 e. The normalized spacial score (nSPS) is 11.0. The van der Waals surface area contributed by atoms with Crippen molar-refractivity contribution >= 4 is 17.4 Å². The Morgan fingerprint density at radius 3 is 2.88 bits per heavy atom. The van der Waals surface area contributed by atoms with Crippen LogP contribution in [0.15, 0.2) is 32.1 Å². The maximum atomic E-state index is 13.3. The number of likely N-dealkylation sites (N-methyl/N-ethyl adjacent to an activating group) is 1. The average molecular weight is 355 g/mol. The van der Waals surface area contributed by atoms with E-state index in [1.165, 1.54) is 12.1 Å².